The maximum absolute atomic E-state index is 12.4. The van der Waals surface area contributed by atoms with Gasteiger partial charge in [0.15, 0.2) is 5.69 Å². The number of amides is 1. The minimum absolute atomic E-state index is 0.241. The Morgan fingerprint density at radius 2 is 2.05 bits per heavy atom. The van der Waals surface area contributed by atoms with Gasteiger partial charge < -0.3 is 4.90 Å². The number of aryl methyl sites for hydroxylation is 2. The number of carbonyl (C=O) groups is 1. The second-order valence-corrected chi connectivity index (χ2v) is 5.60. The van der Waals surface area contributed by atoms with Crippen LogP contribution in [0.3, 0.4) is 0 Å². The Kier molecular flexibility index (Phi) is 4.58. The Labute approximate surface area is 133 Å². The van der Waals surface area contributed by atoms with Gasteiger partial charge in [0.1, 0.15) is 5.69 Å². The SMILES string of the molecule is CCn1cc(Cl)c(CN(C)C(=O)c2nn(C)c(C)c2Cl)n1. The first-order valence-corrected chi connectivity index (χ1v) is 7.27. The van der Waals surface area contributed by atoms with Gasteiger partial charge in [0.05, 0.1) is 22.3 Å². The molecule has 21 heavy (non-hydrogen) atoms. The van der Waals surface area contributed by atoms with E-state index in [0.29, 0.717) is 22.3 Å². The molecule has 2 aromatic heterocycles. The molecule has 8 heteroatoms. The summed E-state index contributed by atoms with van der Waals surface area (Å²) in [5, 5.41) is 9.39. The first-order valence-electron chi connectivity index (χ1n) is 6.51. The van der Waals surface area contributed by atoms with Crippen molar-refractivity contribution in [1.82, 2.24) is 24.5 Å². The third kappa shape index (κ3) is 3.06. The van der Waals surface area contributed by atoms with E-state index >= 15 is 0 Å². The fourth-order valence-corrected chi connectivity index (χ4v) is 2.35. The number of halogens is 2. The molecule has 2 heterocycles. The molecule has 0 radical (unpaired) electrons. The van der Waals surface area contributed by atoms with E-state index in [2.05, 4.69) is 10.2 Å². The molecule has 0 N–H and O–H groups in total. The Hall–Kier alpha value is -1.53. The van der Waals surface area contributed by atoms with Gasteiger partial charge >= 0.3 is 0 Å². The second-order valence-electron chi connectivity index (χ2n) is 4.81. The summed E-state index contributed by atoms with van der Waals surface area (Å²) >= 11 is 12.2. The Bertz CT molecular complexity index is 676. The van der Waals surface area contributed by atoms with Crippen LogP contribution in [0.2, 0.25) is 10.0 Å². The van der Waals surface area contributed by atoms with Gasteiger partial charge in [-0.15, -0.1) is 0 Å². The summed E-state index contributed by atoms with van der Waals surface area (Å²) in [6.07, 6.45) is 1.74. The predicted molar refractivity (Wildman–Crippen MR) is 81.7 cm³/mol. The molecule has 1 amide bonds. The standard InChI is InChI=1S/C13H17Cl2N5O/c1-5-20-6-9(14)10(16-20)7-18(3)13(21)12-11(15)8(2)19(4)17-12/h6H,5,7H2,1-4H3. The molecular formula is C13H17Cl2N5O. The van der Waals surface area contributed by atoms with E-state index in [4.69, 9.17) is 23.2 Å². The highest BCUT2D eigenvalue weighted by atomic mass is 35.5. The van der Waals surface area contributed by atoms with Crippen molar-refractivity contribution < 1.29 is 4.79 Å². The largest absolute Gasteiger partial charge is 0.334 e. The van der Waals surface area contributed by atoms with E-state index in [9.17, 15) is 4.79 Å². The van der Waals surface area contributed by atoms with E-state index < -0.39 is 0 Å². The summed E-state index contributed by atoms with van der Waals surface area (Å²) in [7, 11) is 3.42. The Morgan fingerprint density at radius 1 is 1.38 bits per heavy atom. The zero-order valence-corrected chi connectivity index (χ0v) is 13.9. The lowest BCUT2D eigenvalue weighted by Crippen LogP contribution is -2.27. The summed E-state index contributed by atoms with van der Waals surface area (Å²) < 4.78 is 3.32. The summed E-state index contributed by atoms with van der Waals surface area (Å²) in [5.74, 6) is -0.259. The van der Waals surface area contributed by atoms with Gasteiger partial charge in [-0.3, -0.25) is 14.2 Å². The Balaban J connectivity index is 2.19. The minimum Gasteiger partial charge on any atom is -0.334 e. The molecule has 0 fully saturated rings. The van der Waals surface area contributed by atoms with Crippen LogP contribution in [0.1, 0.15) is 28.8 Å². The lowest BCUT2D eigenvalue weighted by Gasteiger charge is -2.14. The molecule has 0 aromatic carbocycles. The fourth-order valence-electron chi connectivity index (χ4n) is 1.90. The van der Waals surface area contributed by atoms with Crippen molar-refractivity contribution in [1.29, 1.82) is 0 Å². The van der Waals surface area contributed by atoms with Gasteiger partial charge in [0, 0.05) is 26.8 Å². The van der Waals surface area contributed by atoms with Crippen LogP contribution in [-0.4, -0.2) is 37.4 Å². The maximum atomic E-state index is 12.4. The molecule has 0 aliphatic carbocycles. The molecule has 0 aliphatic rings. The molecule has 0 saturated carbocycles. The first kappa shape index (κ1) is 15.9. The van der Waals surface area contributed by atoms with E-state index in [-0.39, 0.29) is 11.6 Å². The highest BCUT2D eigenvalue weighted by Gasteiger charge is 2.22. The molecule has 0 aliphatic heterocycles. The minimum atomic E-state index is -0.259. The van der Waals surface area contributed by atoms with Crippen LogP contribution in [0.25, 0.3) is 0 Å². The van der Waals surface area contributed by atoms with Crippen molar-refractivity contribution in [2.24, 2.45) is 7.05 Å². The zero-order valence-electron chi connectivity index (χ0n) is 12.4. The highest BCUT2D eigenvalue weighted by molar-refractivity contribution is 6.34. The van der Waals surface area contributed by atoms with Crippen molar-refractivity contribution >= 4 is 29.1 Å². The summed E-state index contributed by atoms with van der Waals surface area (Å²) in [5.41, 5.74) is 1.64. The third-order valence-corrected chi connectivity index (χ3v) is 4.08. The number of rotatable bonds is 4. The smallest absolute Gasteiger partial charge is 0.276 e. The second kappa shape index (κ2) is 6.07. The van der Waals surface area contributed by atoms with E-state index in [1.807, 2.05) is 13.8 Å². The van der Waals surface area contributed by atoms with Gasteiger partial charge in [-0.1, -0.05) is 23.2 Å². The molecule has 114 valence electrons. The third-order valence-electron chi connectivity index (χ3n) is 3.31. The average molecular weight is 330 g/mol. The monoisotopic (exact) mass is 329 g/mol. The van der Waals surface area contributed by atoms with E-state index in [1.165, 1.54) is 4.90 Å². The topological polar surface area (TPSA) is 56.0 Å². The number of nitrogens with zero attached hydrogens (tertiary/aromatic N) is 5. The molecule has 2 aromatic rings. The highest BCUT2D eigenvalue weighted by Crippen LogP contribution is 2.22. The van der Waals surface area contributed by atoms with Crippen molar-refractivity contribution in [3.8, 4) is 0 Å². The molecule has 0 bridgehead atoms. The maximum Gasteiger partial charge on any atom is 0.276 e. The Morgan fingerprint density at radius 3 is 2.52 bits per heavy atom. The van der Waals surface area contributed by atoms with Crippen LogP contribution in [0, 0.1) is 6.92 Å². The summed E-state index contributed by atoms with van der Waals surface area (Å²) in [6, 6.07) is 0. The van der Waals surface area contributed by atoms with Gasteiger partial charge in [0.2, 0.25) is 0 Å². The molecule has 6 nitrogen and oxygen atoms in total. The van der Waals surface area contributed by atoms with Gasteiger partial charge in [-0.2, -0.15) is 10.2 Å². The van der Waals surface area contributed by atoms with Crippen molar-refractivity contribution in [2.45, 2.75) is 26.9 Å². The number of hydrogen-bond donors (Lipinski definition) is 0. The molecule has 2 rings (SSSR count). The van der Waals surface area contributed by atoms with Crippen molar-refractivity contribution in [2.75, 3.05) is 7.05 Å². The summed E-state index contributed by atoms with van der Waals surface area (Å²) in [4.78, 5) is 13.9. The van der Waals surface area contributed by atoms with Crippen LogP contribution in [0.4, 0.5) is 0 Å². The lowest BCUT2D eigenvalue weighted by atomic mass is 10.3. The summed E-state index contributed by atoms with van der Waals surface area (Å²) in [6.45, 7) is 4.81. The predicted octanol–water partition coefficient (Wildman–Crippen LogP) is 2.52. The van der Waals surface area contributed by atoms with E-state index in [0.717, 1.165) is 12.2 Å². The molecule has 0 atom stereocenters. The lowest BCUT2D eigenvalue weighted by molar-refractivity contribution is 0.0776. The molecule has 0 unspecified atom stereocenters. The van der Waals surface area contributed by atoms with Crippen molar-refractivity contribution in [3.63, 3.8) is 0 Å². The van der Waals surface area contributed by atoms with Gasteiger partial charge in [0.25, 0.3) is 5.91 Å². The molecule has 0 saturated heterocycles. The number of hydrogen-bond acceptors (Lipinski definition) is 3. The molecule has 0 spiro atoms. The quantitative estimate of drug-likeness (QED) is 0.866. The van der Waals surface area contributed by atoms with Gasteiger partial charge in [-0.25, -0.2) is 0 Å². The van der Waals surface area contributed by atoms with Gasteiger partial charge in [-0.05, 0) is 13.8 Å². The van der Waals surface area contributed by atoms with E-state index in [1.54, 1.807) is 29.7 Å². The fraction of sp³-hybridized carbons (Fsp3) is 0.462. The number of aromatic nitrogens is 4. The van der Waals surface area contributed by atoms with Crippen LogP contribution in [0.15, 0.2) is 6.20 Å². The van der Waals surface area contributed by atoms with Crippen LogP contribution in [-0.2, 0) is 20.1 Å². The molecular weight excluding hydrogens is 313 g/mol. The zero-order chi connectivity index (χ0) is 15.7. The first-order chi connectivity index (χ1) is 9.85. The van der Waals surface area contributed by atoms with Crippen LogP contribution in [0.5, 0.6) is 0 Å². The average Bonchev–Trinajstić information content (AvgIpc) is 2.93. The van der Waals surface area contributed by atoms with Crippen LogP contribution >= 0.6 is 23.2 Å². The van der Waals surface area contributed by atoms with Crippen molar-refractivity contribution in [3.05, 3.63) is 33.3 Å². The van der Waals surface area contributed by atoms with Crippen LogP contribution < -0.4 is 0 Å². The number of carbonyl (C=O) groups excluding carboxylic acids is 1. The normalized spacial score (nSPS) is 11.0.